The lowest BCUT2D eigenvalue weighted by Crippen LogP contribution is -2.39. The van der Waals surface area contributed by atoms with Gasteiger partial charge in [0.2, 0.25) is 10.0 Å². The zero-order valence-electron chi connectivity index (χ0n) is 16.4. The highest BCUT2D eigenvalue weighted by Crippen LogP contribution is 2.30. The first kappa shape index (κ1) is 20.0. The smallest absolute Gasteiger partial charge is 0.315 e. The predicted molar refractivity (Wildman–Crippen MR) is 109 cm³/mol. The Morgan fingerprint density at radius 2 is 1.90 bits per heavy atom. The number of hydrogen-bond acceptors (Lipinski definition) is 4. The van der Waals surface area contributed by atoms with Crippen LogP contribution >= 0.6 is 0 Å². The van der Waals surface area contributed by atoms with Crippen molar-refractivity contribution in [1.29, 1.82) is 0 Å². The van der Waals surface area contributed by atoms with E-state index in [2.05, 4.69) is 10.6 Å². The van der Waals surface area contributed by atoms with Gasteiger partial charge in [-0.15, -0.1) is 0 Å². The number of hydrogen-bond donors (Lipinski definition) is 2. The zero-order chi connectivity index (χ0) is 20.3. The van der Waals surface area contributed by atoms with Crippen LogP contribution < -0.4 is 10.6 Å². The Morgan fingerprint density at radius 1 is 1.10 bits per heavy atom. The standard InChI is InChI=1S/C21H27N3O4S/c25-21(23-18-8-6-9-19-17(18)11-14-28-19)22-15-16-7-2-3-10-20(16)29(26,27)24-12-4-1-5-13-24/h2-3,7,10-11,14,18H,1,4-6,8-9,12-13,15H2,(H2,22,23,25)/t18-/m0/s1. The summed E-state index contributed by atoms with van der Waals surface area (Å²) in [7, 11) is -3.55. The Bertz CT molecular complexity index is 964. The minimum Gasteiger partial charge on any atom is -0.469 e. The van der Waals surface area contributed by atoms with Gasteiger partial charge in [0.1, 0.15) is 5.76 Å². The molecule has 1 fully saturated rings. The van der Waals surface area contributed by atoms with Crippen LogP contribution in [0.1, 0.15) is 55.0 Å². The first-order valence-corrected chi connectivity index (χ1v) is 11.7. The number of urea groups is 1. The van der Waals surface area contributed by atoms with E-state index < -0.39 is 10.0 Å². The molecule has 2 aromatic rings. The number of aryl methyl sites for hydroxylation is 1. The molecule has 4 rings (SSSR count). The summed E-state index contributed by atoms with van der Waals surface area (Å²) >= 11 is 0. The highest BCUT2D eigenvalue weighted by molar-refractivity contribution is 7.89. The number of fused-ring (bicyclic) bond motifs is 1. The Kier molecular flexibility index (Phi) is 5.91. The first-order chi connectivity index (χ1) is 14.1. The molecule has 2 amide bonds. The van der Waals surface area contributed by atoms with Crippen LogP contribution in [-0.2, 0) is 23.0 Å². The summed E-state index contributed by atoms with van der Waals surface area (Å²) in [4.78, 5) is 12.7. The molecule has 2 N–H and O–H groups in total. The van der Waals surface area contributed by atoms with Crippen molar-refractivity contribution in [2.24, 2.45) is 0 Å². The molecular weight excluding hydrogens is 390 g/mol. The van der Waals surface area contributed by atoms with Gasteiger partial charge in [-0.3, -0.25) is 0 Å². The van der Waals surface area contributed by atoms with Gasteiger partial charge in [-0.2, -0.15) is 4.31 Å². The largest absolute Gasteiger partial charge is 0.469 e. The minimum atomic E-state index is -3.55. The van der Waals surface area contributed by atoms with Crippen molar-refractivity contribution >= 4 is 16.1 Å². The third-order valence-electron chi connectivity index (χ3n) is 5.70. The SMILES string of the molecule is O=C(NCc1ccccc1S(=O)(=O)N1CCCCC1)N[C@H]1CCCc2occc21. The molecule has 0 spiro atoms. The summed E-state index contributed by atoms with van der Waals surface area (Å²) in [6.07, 6.45) is 7.21. The second-order valence-electron chi connectivity index (χ2n) is 7.64. The van der Waals surface area contributed by atoms with E-state index in [-0.39, 0.29) is 23.5 Å². The van der Waals surface area contributed by atoms with E-state index in [4.69, 9.17) is 4.42 Å². The van der Waals surface area contributed by atoms with Gasteiger partial charge in [-0.1, -0.05) is 24.6 Å². The van der Waals surface area contributed by atoms with Gasteiger partial charge < -0.3 is 15.1 Å². The maximum absolute atomic E-state index is 13.1. The monoisotopic (exact) mass is 417 g/mol. The molecule has 0 unspecified atom stereocenters. The topological polar surface area (TPSA) is 91.7 Å². The van der Waals surface area contributed by atoms with Crippen LogP contribution in [0.2, 0.25) is 0 Å². The van der Waals surface area contributed by atoms with Crippen LogP contribution in [-0.4, -0.2) is 31.8 Å². The van der Waals surface area contributed by atoms with E-state index in [1.807, 2.05) is 6.07 Å². The third-order valence-corrected chi connectivity index (χ3v) is 7.70. The molecule has 156 valence electrons. The van der Waals surface area contributed by atoms with Crippen LogP contribution in [0.15, 0.2) is 45.9 Å². The average Bonchev–Trinajstić information content (AvgIpc) is 3.23. The predicted octanol–water partition coefficient (Wildman–Crippen LogP) is 3.33. The van der Waals surface area contributed by atoms with E-state index >= 15 is 0 Å². The second kappa shape index (κ2) is 8.59. The molecule has 0 bridgehead atoms. The normalized spacial score (nSPS) is 20.1. The number of piperidine rings is 1. The van der Waals surface area contributed by atoms with Crippen molar-refractivity contribution in [3.63, 3.8) is 0 Å². The van der Waals surface area contributed by atoms with Gasteiger partial charge >= 0.3 is 6.03 Å². The molecule has 2 aliphatic rings. The number of rotatable bonds is 5. The first-order valence-electron chi connectivity index (χ1n) is 10.2. The molecule has 0 saturated carbocycles. The van der Waals surface area contributed by atoms with Crippen molar-refractivity contribution in [2.45, 2.75) is 56.0 Å². The van der Waals surface area contributed by atoms with E-state index in [0.717, 1.165) is 49.8 Å². The van der Waals surface area contributed by atoms with Gasteiger partial charge in [0.05, 0.1) is 17.2 Å². The molecule has 1 aromatic carbocycles. The quantitative estimate of drug-likeness (QED) is 0.781. The summed E-state index contributed by atoms with van der Waals surface area (Å²) in [6, 6.07) is 8.41. The van der Waals surface area contributed by atoms with Crippen LogP contribution in [0, 0.1) is 0 Å². The number of amides is 2. The average molecular weight is 418 g/mol. The highest BCUT2D eigenvalue weighted by Gasteiger charge is 2.28. The summed E-state index contributed by atoms with van der Waals surface area (Å²) in [5, 5.41) is 5.80. The van der Waals surface area contributed by atoms with Crippen LogP contribution in [0.4, 0.5) is 4.79 Å². The number of nitrogens with one attached hydrogen (secondary N) is 2. The molecule has 1 atom stereocenters. The summed E-state index contributed by atoms with van der Waals surface area (Å²) < 4.78 is 33.1. The summed E-state index contributed by atoms with van der Waals surface area (Å²) in [6.45, 7) is 1.26. The van der Waals surface area contributed by atoms with Crippen LogP contribution in [0.3, 0.4) is 0 Å². The number of benzene rings is 1. The Labute approximate surface area is 171 Å². The van der Waals surface area contributed by atoms with Crippen molar-refractivity contribution in [3.8, 4) is 0 Å². The number of furan rings is 1. The molecule has 1 aromatic heterocycles. The Balaban J connectivity index is 1.42. The van der Waals surface area contributed by atoms with Gasteiger partial charge in [0, 0.05) is 31.6 Å². The second-order valence-corrected chi connectivity index (χ2v) is 9.55. The van der Waals surface area contributed by atoms with Crippen molar-refractivity contribution in [1.82, 2.24) is 14.9 Å². The molecule has 1 saturated heterocycles. The molecule has 1 aliphatic heterocycles. The Morgan fingerprint density at radius 3 is 2.72 bits per heavy atom. The van der Waals surface area contributed by atoms with E-state index in [9.17, 15) is 13.2 Å². The number of sulfonamides is 1. The molecule has 2 heterocycles. The van der Waals surface area contributed by atoms with E-state index in [1.54, 1.807) is 34.8 Å². The summed E-state index contributed by atoms with van der Waals surface area (Å²) in [5.74, 6) is 0.930. The van der Waals surface area contributed by atoms with Gasteiger partial charge in [0.15, 0.2) is 0 Å². The van der Waals surface area contributed by atoms with E-state index in [0.29, 0.717) is 18.7 Å². The maximum atomic E-state index is 13.1. The number of carbonyl (C=O) groups is 1. The highest BCUT2D eigenvalue weighted by atomic mass is 32.2. The van der Waals surface area contributed by atoms with Crippen LogP contribution in [0.5, 0.6) is 0 Å². The molecule has 8 heteroatoms. The van der Waals surface area contributed by atoms with Gasteiger partial charge in [0.25, 0.3) is 0 Å². The molecule has 7 nitrogen and oxygen atoms in total. The van der Waals surface area contributed by atoms with Crippen molar-refractivity contribution < 1.29 is 17.6 Å². The fourth-order valence-corrected chi connectivity index (χ4v) is 5.91. The fourth-order valence-electron chi connectivity index (χ4n) is 4.17. The Hall–Kier alpha value is -2.32. The minimum absolute atomic E-state index is 0.0789. The molecule has 0 radical (unpaired) electrons. The lowest BCUT2D eigenvalue weighted by molar-refractivity contribution is 0.234. The van der Waals surface area contributed by atoms with Crippen LogP contribution in [0.25, 0.3) is 0 Å². The van der Waals surface area contributed by atoms with Crippen molar-refractivity contribution in [3.05, 3.63) is 53.5 Å². The lowest BCUT2D eigenvalue weighted by atomic mass is 9.93. The van der Waals surface area contributed by atoms with Gasteiger partial charge in [-0.25, -0.2) is 13.2 Å². The maximum Gasteiger partial charge on any atom is 0.315 e. The van der Waals surface area contributed by atoms with Gasteiger partial charge in [-0.05, 0) is 43.4 Å². The van der Waals surface area contributed by atoms with E-state index in [1.165, 1.54) is 0 Å². The lowest BCUT2D eigenvalue weighted by Gasteiger charge is -2.27. The third kappa shape index (κ3) is 4.33. The molecule has 29 heavy (non-hydrogen) atoms. The van der Waals surface area contributed by atoms with Crippen molar-refractivity contribution in [2.75, 3.05) is 13.1 Å². The zero-order valence-corrected chi connectivity index (χ0v) is 17.2. The number of carbonyl (C=O) groups excluding carboxylic acids is 1. The number of nitrogens with zero attached hydrogens (tertiary/aromatic N) is 1. The molecular formula is C21H27N3O4S. The summed E-state index contributed by atoms with van der Waals surface area (Å²) in [5.41, 5.74) is 1.63. The fraction of sp³-hybridized carbons (Fsp3) is 0.476. The molecule has 1 aliphatic carbocycles.